The summed E-state index contributed by atoms with van der Waals surface area (Å²) in [6.07, 6.45) is 4.84. The van der Waals surface area contributed by atoms with Gasteiger partial charge in [-0.1, -0.05) is 30.0 Å². The molecule has 10 heteroatoms. The third-order valence-electron chi connectivity index (χ3n) is 5.32. The van der Waals surface area contributed by atoms with Gasteiger partial charge < -0.3 is 9.47 Å². The van der Waals surface area contributed by atoms with Crippen molar-refractivity contribution < 1.29 is 18.7 Å². The zero-order valence-corrected chi connectivity index (χ0v) is 18.9. The van der Waals surface area contributed by atoms with Crippen molar-refractivity contribution in [2.24, 2.45) is 0 Å². The third kappa shape index (κ3) is 4.41. The van der Waals surface area contributed by atoms with Crippen LogP contribution >= 0.6 is 24.0 Å². The molecule has 2 aliphatic heterocycles. The minimum atomic E-state index is -0.413. The predicted octanol–water partition coefficient (Wildman–Crippen LogP) is 4.01. The number of carbonyl (C=O) groups excluding carboxylic acids is 1. The number of aromatic nitrogens is 2. The Kier molecular flexibility index (Phi) is 5.96. The van der Waals surface area contributed by atoms with Crippen LogP contribution in [0.1, 0.15) is 18.4 Å². The van der Waals surface area contributed by atoms with Gasteiger partial charge in [0.2, 0.25) is 5.88 Å². The normalized spacial score (nSPS) is 19.7. The van der Waals surface area contributed by atoms with E-state index < -0.39 is 11.4 Å². The molecule has 2 saturated heterocycles. The van der Waals surface area contributed by atoms with E-state index in [1.54, 1.807) is 24.4 Å². The Morgan fingerprint density at radius 2 is 2.06 bits per heavy atom. The number of hydrogen-bond acceptors (Lipinski definition) is 7. The highest BCUT2D eigenvalue weighted by molar-refractivity contribution is 8.26. The third-order valence-corrected chi connectivity index (χ3v) is 6.70. The first-order valence-corrected chi connectivity index (χ1v) is 11.5. The van der Waals surface area contributed by atoms with E-state index >= 15 is 0 Å². The second kappa shape index (κ2) is 9.05. The van der Waals surface area contributed by atoms with E-state index in [2.05, 4.69) is 4.98 Å². The maximum atomic E-state index is 13.3. The lowest BCUT2D eigenvalue weighted by molar-refractivity contribution is -0.123. The van der Waals surface area contributed by atoms with Gasteiger partial charge in [0.1, 0.15) is 27.1 Å². The Balaban J connectivity index is 1.54. The minimum Gasteiger partial charge on any atom is -0.438 e. The number of rotatable bonds is 5. The molecule has 1 amide bonds. The van der Waals surface area contributed by atoms with E-state index in [1.807, 2.05) is 0 Å². The molecule has 3 aromatic rings. The van der Waals surface area contributed by atoms with E-state index in [4.69, 9.17) is 21.7 Å². The molecule has 0 N–H and O–H groups in total. The first-order chi connectivity index (χ1) is 16.0. The largest absolute Gasteiger partial charge is 0.438 e. The molecule has 33 heavy (non-hydrogen) atoms. The molecule has 1 aromatic carbocycles. The Hall–Kier alpha value is -3.08. The lowest BCUT2D eigenvalue weighted by Gasteiger charge is -2.18. The number of thiocarbonyl (C=S) groups is 1. The molecule has 2 aliphatic rings. The molecule has 0 spiro atoms. The first kappa shape index (κ1) is 21.7. The molecule has 0 saturated carbocycles. The van der Waals surface area contributed by atoms with Crippen LogP contribution in [-0.4, -0.2) is 43.8 Å². The SMILES string of the molecule is O=C1C(=Cc2c(Oc3ccc(F)cc3)nc3ccccn3c2=O)SC(=S)N1CC1CCCO1. The summed E-state index contributed by atoms with van der Waals surface area (Å²) in [6.45, 7) is 1.06. The fourth-order valence-corrected chi connectivity index (χ4v) is 4.94. The number of nitrogens with zero attached hydrogens (tertiary/aromatic N) is 3. The summed E-state index contributed by atoms with van der Waals surface area (Å²) in [6, 6.07) is 10.5. The Bertz CT molecular complexity index is 1330. The quantitative estimate of drug-likeness (QED) is 0.401. The average Bonchev–Trinajstić information content (AvgIpc) is 3.42. The van der Waals surface area contributed by atoms with Gasteiger partial charge >= 0.3 is 0 Å². The predicted molar refractivity (Wildman–Crippen MR) is 127 cm³/mol. The van der Waals surface area contributed by atoms with E-state index in [-0.39, 0.29) is 23.5 Å². The maximum absolute atomic E-state index is 13.3. The summed E-state index contributed by atoms with van der Waals surface area (Å²) in [4.78, 5) is 32.6. The van der Waals surface area contributed by atoms with Gasteiger partial charge in [-0.3, -0.25) is 18.9 Å². The summed E-state index contributed by atoms with van der Waals surface area (Å²) in [5, 5.41) is 0. The molecule has 5 rings (SSSR count). The monoisotopic (exact) mass is 483 g/mol. The van der Waals surface area contributed by atoms with Gasteiger partial charge in [0.25, 0.3) is 11.5 Å². The van der Waals surface area contributed by atoms with Gasteiger partial charge in [-0.25, -0.2) is 4.39 Å². The number of pyridine rings is 1. The minimum absolute atomic E-state index is 0.0159. The van der Waals surface area contributed by atoms with Gasteiger partial charge in [-0.15, -0.1) is 0 Å². The van der Waals surface area contributed by atoms with Crippen LogP contribution in [0.3, 0.4) is 0 Å². The standard InChI is InChI=1S/C23H18FN3O4S2/c24-14-6-8-15(9-7-14)31-20-17(21(28)26-10-2-1-5-19(26)25-20)12-18-22(29)27(23(32)33-18)13-16-4-3-11-30-16/h1-2,5-10,12,16H,3-4,11,13H2. The van der Waals surface area contributed by atoms with Crippen molar-refractivity contribution in [2.75, 3.05) is 13.2 Å². The van der Waals surface area contributed by atoms with Crippen LogP contribution < -0.4 is 10.3 Å². The molecule has 7 nitrogen and oxygen atoms in total. The van der Waals surface area contributed by atoms with Crippen LogP contribution in [-0.2, 0) is 9.53 Å². The van der Waals surface area contributed by atoms with E-state index in [0.717, 1.165) is 24.6 Å². The zero-order valence-electron chi connectivity index (χ0n) is 17.3. The summed E-state index contributed by atoms with van der Waals surface area (Å²) >= 11 is 6.53. The van der Waals surface area contributed by atoms with E-state index in [0.29, 0.717) is 33.8 Å². The molecule has 4 heterocycles. The van der Waals surface area contributed by atoms with Gasteiger partial charge in [-0.05, 0) is 55.3 Å². The van der Waals surface area contributed by atoms with Crippen molar-refractivity contribution in [1.82, 2.24) is 14.3 Å². The number of ether oxygens (including phenoxy) is 2. The molecule has 2 fully saturated rings. The van der Waals surface area contributed by atoms with Crippen molar-refractivity contribution in [2.45, 2.75) is 18.9 Å². The number of carbonyl (C=O) groups is 1. The maximum Gasteiger partial charge on any atom is 0.269 e. The van der Waals surface area contributed by atoms with Crippen LogP contribution in [0.5, 0.6) is 11.6 Å². The summed E-state index contributed by atoms with van der Waals surface area (Å²) in [7, 11) is 0. The van der Waals surface area contributed by atoms with E-state index in [1.165, 1.54) is 39.6 Å². The number of hydrogen-bond donors (Lipinski definition) is 0. The number of benzene rings is 1. The molecular weight excluding hydrogens is 465 g/mol. The highest BCUT2D eigenvalue weighted by atomic mass is 32.2. The molecular formula is C23H18FN3O4S2. The zero-order chi connectivity index (χ0) is 22.9. The van der Waals surface area contributed by atoms with Crippen LogP contribution in [0, 0.1) is 5.82 Å². The van der Waals surface area contributed by atoms with Crippen molar-refractivity contribution in [3.05, 3.63) is 75.3 Å². The van der Waals surface area contributed by atoms with Crippen LogP contribution in [0.15, 0.2) is 58.4 Å². The van der Waals surface area contributed by atoms with Crippen molar-refractivity contribution >= 4 is 45.9 Å². The molecule has 168 valence electrons. The molecule has 0 aliphatic carbocycles. The Morgan fingerprint density at radius 1 is 1.24 bits per heavy atom. The second-order valence-electron chi connectivity index (χ2n) is 7.55. The summed E-state index contributed by atoms with van der Waals surface area (Å²) < 4.78 is 26.6. The number of thioether (sulfide) groups is 1. The number of fused-ring (bicyclic) bond motifs is 1. The van der Waals surface area contributed by atoms with Crippen molar-refractivity contribution in [3.63, 3.8) is 0 Å². The van der Waals surface area contributed by atoms with Crippen LogP contribution in [0.25, 0.3) is 11.7 Å². The lowest BCUT2D eigenvalue weighted by atomic mass is 10.2. The second-order valence-corrected chi connectivity index (χ2v) is 9.22. The Morgan fingerprint density at radius 3 is 2.82 bits per heavy atom. The average molecular weight is 484 g/mol. The number of halogens is 1. The van der Waals surface area contributed by atoms with Crippen molar-refractivity contribution in [1.29, 1.82) is 0 Å². The fourth-order valence-electron chi connectivity index (χ4n) is 3.68. The van der Waals surface area contributed by atoms with Gasteiger partial charge in [0.15, 0.2) is 0 Å². The molecule has 2 aromatic heterocycles. The van der Waals surface area contributed by atoms with Gasteiger partial charge in [-0.2, -0.15) is 4.98 Å². The van der Waals surface area contributed by atoms with E-state index in [9.17, 15) is 14.0 Å². The molecule has 0 radical (unpaired) electrons. The highest BCUT2D eigenvalue weighted by Crippen LogP contribution is 2.35. The summed E-state index contributed by atoms with van der Waals surface area (Å²) in [5.74, 6) is -0.374. The molecule has 1 unspecified atom stereocenters. The first-order valence-electron chi connectivity index (χ1n) is 10.3. The Labute approximate surface area is 197 Å². The molecule has 0 bridgehead atoms. The summed E-state index contributed by atoms with van der Waals surface area (Å²) in [5.41, 5.74) is 0.0745. The van der Waals surface area contributed by atoms with Crippen molar-refractivity contribution in [3.8, 4) is 11.6 Å². The van der Waals surface area contributed by atoms with Gasteiger partial charge in [0, 0.05) is 12.8 Å². The number of amides is 1. The lowest BCUT2D eigenvalue weighted by Crippen LogP contribution is -2.35. The highest BCUT2D eigenvalue weighted by Gasteiger charge is 2.35. The molecule has 1 atom stereocenters. The fraction of sp³-hybridized carbons (Fsp3) is 0.217. The van der Waals surface area contributed by atoms with Crippen LogP contribution in [0.2, 0.25) is 0 Å². The van der Waals surface area contributed by atoms with Gasteiger partial charge in [0.05, 0.1) is 17.6 Å². The smallest absolute Gasteiger partial charge is 0.269 e. The van der Waals surface area contributed by atoms with Crippen LogP contribution in [0.4, 0.5) is 4.39 Å². The topological polar surface area (TPSA) is 73.1 Å².